The molecule has 0 radical (unpaired) electrons. The maximum Gasteiger partial charge on any atom is 0.222 e. The van der Waals surface area contributed by atoms with E-state index >= 15 is 0 Å². The summed E-state index contributed by atoms with van der Waals surface area (Å²) in [4.78, 5) is 4.51. The lowest BCUT2D eigenvalue weighted by molar-refractivity contribution is 0.423. The van der Waals surface area contributed by atoms with Crippen molar-refractivity contribution >= 4 is 0 Å². The summed E-state index contributed by atoms with van der Waals surface area (Å²) in [5, 5.41) is 7.91. The smallest absolute Gasteiger partial charge is 0.222 e. The molecule has 0 bridgehead atoms. The van der Waals surface area contributed by atoms with Gasteiger partial charge in [0.15, 0.2) is 0 Å². The maximum atomic E-state index is 6.03. The molecule has 1 N–H and O–H groups in total. The van der Waals surface area contributed by atoms with Crippen molar-refractivity contribution < 1.29 is 4.74 Å². The first-order valence-electron chi connectivity index (χ1n) is 8.02. The van der Waals surface area contributed by atoms with Gasteiger partial charge in [0.1, 0.15) is 5.75 Å². The first-order valence-corrected chi connectivity index (χ1v) is 8.02. The largest absolute Gasteiger partial charge is 0.439 e. The zero-order chi connectivity index (χ0) is 16.9. The van der Waals surface area contributed by atoms with Gasteiger partial charge < -0.3 is 10.1 Å². The lowest BCUT2D eigenvalue weighted by atomic mass is 10.2. The molecule has 2 heterocycles. The highest BCUT2D eigenvalue weighted by atomic mass is 16.5. The lowest BCUT2D eigenvalue weighted by Crippen LogP contribution is -2.14. The van der Waals surface area contributed by atoms with Gasteiger partial charge in [-0.2, -0.15) is 5.10 Å². The zero-order valence-electron chi connectivity index (χ0n) is 14.3. The van der Waals surface area contributed by atoms with Gasteiger partial charge in [-0.15, -0.1) is 0 Å². The molecule has 0 atom stereocenters. The average Bonchev–Trinajstić information content (AvgIpc) is 2.83. The van der Waals surface area contributed by atoms with E-state index in [0.29, 0.717) is 13.1 Å². The Balaban J connectivity index is 1.71. The molecule has 0 amide bonds. The van der Waals surface area contributed by atoms with E-state index in [1.807, 2.05) is 69.4 Å². The van der Waals surface area contributed by atoms with Gasteiger partial charge in [-0.05, 0) is 38.1 Å². The topological polar surface area (TPSA) is 52.0 Å². The number of aromatic nitrogens is 3. The van der Waals surface area contributed by atoms with Crippen molar-refractivity contribution in [2.24, 2.45) is 7.05 Å². The zero-order valence-corrected chi connectivity index (χ0v) is 14.3. The van der Waals surface area contributed by atoms with Crippen LogP contribution in [0.4, 0.5) is 0 Å². The minimum Gasteiger partial charge on any atom is -0.439 e. The Morgan fingerprint density at radius 2 is 1.79 bits per heavy atom. The molecule has 0 saturated heterocycles. The number of ether oxygens (including phenoxy) is 1. The molecule has 2 aromatic heterocycles. The molecule has 3 aromatic rings. The molecule has 3 rings (SSSR count). The summed E-state index contributed by atoms with van der Waals surface area (Å²) < 4.78 is 7.81. The third-order valence-electron chi connectivity index (χ3n) is 3.80. The van der Waals surface area contributed by atoms with Crippen LogP contribution in [0.5, 0.6) is 11.6 Å². The summed E-state index contributed by atoms with van der Waals surface area (Å²) in [7, 11) is 1.90. The van der Waals surface area contributed by atoms with Crippen LogP contribution in [-0.2, 0) is 20.1 Å². The van der Waals surface area contributed by atoms with Crippen LogP contribution in [0.3, 0.4) is 0 Å². The Hall–Kier alpha value is -2.66. The third kappa shape index (κ3) is 3.81. The van der Waals surface area contributed by atoms with Gasteiger partial charge >= 0.3 is 0 Å². The summed E-state index contributed by atoms with van der Waals surface area (Å²) in [5.74, 6) is 1.57. The molecule has 0 fully saturated rings. The van der Waals surface area contributed by atoms with Gasteiger partial charge in [-0.25, -0.2) is 4.68 Å². The molecule has 0 aliphatic carbocycles. The SMILES string of the molecule is Cc1cccc(CNCc2c(C)nn(C)c2Oc2ccccc2)n1. The van der Waals surface area contributed by atoms with E-state index < -0.39 is 0 Å². The van der Waals surface area contributed by atoms with E-state index in [0.717, 1.165) is 34.3 Å². The van der Waals surface area contributed by atoms with Gasteiger partial charge in [0, 0.05) is 25.8 Å². The summed E-state index contributed by atoms with van der Waals surface area (Å²) in [6.45, 7) is 5.39. The van der Waals surface area contributed by atoms with E-state index in [2.05, 4.69) is 15.4 Å². The van der Waals surface area contributed by atoms with Gasteiger partial charge in [0.2, 0.25) is 5.88 Å². The Kier molecular flexibility index (Phi) is 4.91. The van der Waals surface area contributed by atoms with Crippen molar-refractivity contribution in [3.05, 3.63) is 71.2 Å². The monoisotopic (exact) mass is 322 g/mol. The minimum atomic E-state index is 0.678. The molecule has 0 aliphatic rings. The summed E-state index contributed by atoms with van der Waals surface area (Å²) in [5.41, 5.74) is 4.09. The van der Waals surface area contributed by atoms with Crippen LogP contribution >= 0.6 is 0 Å². The van der Waals surface area contributed by atoms with Crippen molar-refractivity contribution in [1.82, 2.24) is 20.1 Å². The van der Waals surface area contributed by atoms with E-state index in [9.17, 15) is 0 Å². The fourth-order valence-corrected chi connectivity index (χ4v) is 2.63. The number of nitrogens with zero attached hydrogens (tertiary/aromatic N) is 3. The van der Waals surface area contributed by atoms with Gasteiger partial charge in [-0.3, -0.25) is 4.98 Å². The molecule has 5 nitrogen and oxygen atoms in total. The fraction of sp³-hybridized carbons (Fsp3) is 0.263. The van der Waals surface area contributed by atoms with Crippen LogP contribution in [0.15, 0.2) is 48.5 Å². The Morgan fingerprint density at radius 1 is 1.00 bits per heavy atom. The number of benzene rings is 1. The van der Waals surface area contributed by atoms with Gasteiger partial charge in [0.05, 0.1) is 17.0 Å². The van der Waals surface area contributed by atoms with Crippen LogP contribution in [0.2, 0.25) is 0 Å². The average molecular weight is 322 g/mol. The fourth-order valence-electron chi connectivity index (χ4n) is 2.63. The molecule has 1 aromatic carbocycles. The number of pyridine rings is 1. The summed E-state index contributed by atoms with van der Waals surface area (Å²) in [6.07, 6.45) is 0. The second-order valence-corrected chi connectivity index (χ2v) is 5.78. The van der Waals surface area contributed by atoms with E-state index in [-0.39, 0.29) is 0 Å². The predicted octanol–water partition coefficient (Wildman–Crippen LogP) is 3.51. The van der Waals surface area contributed by atoms with Crippen LogP contribution in [-0.4, -0.2) is 14.8 Å². The van der Waals surface area contributed by atoms with Crippen LogP contribution in [0, 0.1) is 13.8 Å². The van der Waals surface area contributed by atoms with Crippen molar-refractivity contribution in [1.29, 1.82) is 0 Å². The van der Waals surface area contributed by atoms with E-state index in [1.54, 1.807) is 4.68 Å². The highest BCUT2D eigenvalue weighted by molar-refractivity contribution is 5.35. The number of nitrogens with one attached hydrogen (secondary N) is 1. The molecule has 0 unspecified atom stereocenters. The van der Waals surface area contributed by atoms with Crippen molar-refractivity contribution in [3.8, 4) is 11.6 Å². The molecular weight excluding hydrogens is 300 g/mol. The highest BCUT2D eigenvalue weighted by Crippen LogP contribution is 2.26. The molecule has 24 heavy (non-hydrogen) atoms. The number of para-hydroxylation sites is 1. The Labute approximate surface area is 142 Å². The number of aryl methyl sites for hydroxylation is 3. The second kappa shape index (κ2) is 7.27. The first kappa shape index (κ1) is 16.2. The van der Waals surface area contributed by atoms with Gasteiger partial charge in [-0.1, -0.05) is 24.3 Å². The highest BCUT2D eigenvalue weighted by Gasteiger charge is 2.15. The van der Waals surface area contributed by atoms with E-state index in [4.69, 9.17) is 4.74 Å². The Morgan fingerprint density at radius 3 is 2.54 bits per heavy atom. The van der Waals surface area contributed by atoms with Crippen LogP contribution in [0.25, 0.3) is 0 Å². The van der Waals surface area contributed by atoms with Crippen LogP contribution < -0.4 is 10.1 Å². The van der Waals surface area contributed by atoms with E-state index in [1.165, 1.54) is 0 Å². The molecule has 5 heteroatoms. The van der Waals surface area contributed by atoms with Crippen molar-refractivity contribution in [3.63, 3.8) is 0 Å². The molecular formula is C19H22N4O. The van der Waals surface area contributed by atoms with Crippen molar-refractivity contribution in [2.45, 2.75) is 26.9 Å². The first-order chi connectivity index (χ1) is 11.6. The maximum absolute atomic E-state index is 6.03. The number of rotatable bonds is 6. The molecule has 0 aliphatic heterocycles. The third-order valence-corrected chi connectivity index (χ3v) is 3.80. The second-order valence-electron chi connectivity index (χ2n) is 5.78. The summed E-state index contributed by atoms with van der Waals surface area (Å²) >= 11 is 0. The molecule has 0 saturated carbocycles. The van der Waals surface area contributed by atoms with Gasteiger partial charge in [0.25, 0.3) is 0 Å². The quantitative estimate of drug-likeness (QED) is 0.754. The molecule has 0 spiro atoms. The predicted molar refractivity (Wildman–Crippen MR) is 94.0 cm³/mol. The molecule has 124 valence electrons. The van der Waals surface area contributed by atoms with Crippen molar-refractivity contribution in [2.75, 3.05) is 0 Å². The lowest BCUT2D eigenvalue weighted by Gasteiger charge is -2.10. The van der Waals surface area contributed by atoms with Crippen LogP contribution in [0.1, 0.15) is 22.6 Å². The standard InChI is InChI=1S/C19H22N4O/c1-14-8-7-9-16(21-14)12-20-13-18-15(2)22-23(3)19(18)24-17-10-5-4-6-11-17/h4-11,20H,12-13H2,1-3H3. The summed E-state index contributed by atoms with van der Waals surface area (Å²) in [6, 6.07) is 15.8. The Bertz CT molecular complexity index is 811. The number of hydrogen-bond donors (Lipinski definition) is 1. The normalized spacial score (nSPS) is 10.8. The number of hydrogen-bond acceptors (Lipinski definition) is 4. The minimum absolute atomic E-state index is 0.678.